The maximum Gasteiger partial charge on any atom is 0.327 e. The lowest BCUT2D eigenvalue weighted by molar-refractivity contribution is 0.244. The highest BCUT2D eigenvalue weighted by atomic mass is 32.1. The monoisotopic (exact) mass is 432 g/mol. The fourth-order valence-electron chi connectivity index (χ4n) is 3.68. The van der Waals surface area contributed by atoms with Gasteiger partial charge in [0.1, 0.15) is 5.82 Å². The Bertz CT molecular complexity index is 1270. The van der Waals surface area contributed by atoms with Crippen molar-refractivity contribution in [2.24, 2.45) is 0 Å². The maximum atomic E-state index is 13.9. The zero-order valence-corrected chi connectivity index (χ0v) is 17.3. The molecule has 0 bridgehead atoms. The van der Waals surface area contributed by atoms with Gasteiger partial charge in [-0.15, -0.1) is 11.3 Å². The molecule has 4 aromatic rings. The maximum absolute atomic E-state index is 13.9. The van der Waals surface area contributed by atoms with Crippen LogP contribution in [0, 0.1) is 5.82 Å². The largest absolute Gasteiger partial charge is 0.334 e. The Kier molecular flexibility index (Phi) is 4.83. The standard InChI is InChI=1S/C23H17FN4O2S/c1-14-19(22-26-21(27-30-22)18-11-6-12-31-18)20(15-7-3-2-4-8-15)25-23(29)28(14)17-10-5-9-16(24)13-17/h2-13,20H,1H3,(H,25,29). The number of nitrogens with one attached hydrogen (secondary N) is 1. The molecule has 1 aliphatic heterocycles. The molecule has 1 aliphatic rings. The summed E-state index contributed by atoms with van der Waals surface area (Å²) >= 11 is 1.51. The van der Waals surface area contributed by atoms with E-state index in [9.17, 15) is 9.18 Å². The quantitative estimate of drug-likeness (QED) is 0.453. The van der Waals surface area contributed by atoms with Gasteiger partial charge in [-0.2, -0.15) is 4.98 Å². The minimum Gasteiger partial charge on any atom is -0.334 e. The normalized spacial score (nSPS) is 16.5. The number of allylic oxidation sites excluding steroid dienone is 1. The van der Waals surface area contributed by atoms with Crippen molar-refractivity contribution in [2.45, 2.75) is 13.0 Å². The van der Waals surface area contributed by atoms with Crippen LogP contribution in [0.3, 0.4) is 0 Å². The molecule has 2 aromatic heterocycles. The molecule has 8 heteroatoms. The number of amides is 2. The van der Waals surface area contributed by atoms with Gasteiger partial charge in [-0.1, -0.05) is 47.6 Å². The minimum absolute atomic E-state index is 0.302. The molecule has 31 heavy (non-hydrogen) atoms. The number of carbonyl (C=O) groups excluding carboxylic acids is 1. The third-order valence-electron chi connectivity index (χ3n) is 5.08. The summed E-state index contributed by atoms with van der Waals surface area (Å²) < 4.78 is 19.5. The van der Waals surface area contributed by atoms with Gasteiger partial charge in [0.25, 0.3) is 5.89 Å². The van der Waals surface area contributed by atoms with Crippen molar-refractivity contribution in [3.63, 3.8) is 0 Å². The molecule has 2 amide bonds. The van der Waals surface area contributed by atoms with Crippen molar-refractivity contribution < 1.29 is 13.7 Å². The predicted octanol–water partition coefficient (Wildman–Crippen LogP) is 5.64. The second-order valence-corrected chi connectivity index (χ2v) is 7.96. The second-order valence-electron chi connectivity index (χ2n) is 7.01. The number of benzene rings is 2. The Balaban J connectivity index is 1.67. The number of nitrogens with zero attached hydrogens (tertiary/aromatic N) is 3. The molecule has 5 rings (SSSR count). The zero-order valence-electron chi connectivity index (χ0n) is 16.4. The van der Waals surface area contributed by atoms with E-state index in [-0.39, 0.29) is 6.03 Å². The third kappa shape index (κ3) is 3.51. The molecule has 1 unspecified atom stereocenters. The average Bonchev–Trinajstić information content (AvgIpc) is 3.46. The molecule has 0 aliphatic carbocycles. The van der Waals surface area contributed by atoms with E-state index < -0.39 is 11.9 Å². The Morgan fingerprint density at radius 3 is 2.68 bits per heavy atom. The van der Waals surface area contributed by atoms with Crippen molar-refractivity contribution in [3.8, 4) is 10.7 Å². The highest BCUT2D eigenvalue weighted by molar-refractivity contribution is 7.13. The highest BCUT2D eigenvalue weighted by Gasteiger charge is 2.36. The Morgan fingerprint density at radius 1 is 1.10 bits per heavy atom. The molecule has 0 spiro atoms. The van der Waals surface area contributed by atoms with Gasteiger partial charge in [0.2, 0.25) is 5.82 Å². The van der Waals surface area contributed by atoms with Crippen LogP contribution < -0.4 is 10.2 Å². The molecule has 0 saturated carbocycles. The SMILES string of the molecule is CC1=C(c2nc(-c3cccs3)no2)C(c2ccccc2)NC(=O)N1c1cccc(F)c1. The summed E-state index contributed by atoms with van der Waals surface area (Å²) in [5.41, 5.74) is 2.53. The topological polar surface area (TPSA) is 71.3 Å². The molecule has 0 fully saturated rings. The van der Waals surface area contributed by atoms with Gasteiger partial charge in [-0.05, 0) is 42.1 Å². The summed E-state index contributed by atoms with van der Waals surface area (Å²) in [6.07, 6.45) is 0. The summed E-state index contributed by atoms with van der Waals surface area (Å²) in [5, 5.41) is 9.07. The van der Waals surface area contributed by atoms with Crippen molar-refractivity contribution in [1.29, 1.82) is 0 Å². The number of halogens is 1. The summed E-state index contributed by atoms with van der Waals surface area (Å²) in [4.78, 5) is 20.0. The van der Waals surface area contributed by atoms with Crippen LogP contribution in [-0.2, 0) is 0 Å². The summed E-state index contributed by atoms with van der Waals surface area (Å²) in [5.74, 6) is 0.352. The minimum atomic E-state index is -0.491. The van der Waals surface area contributed by atoms with Crippen LogP contribution in [0.1, 0.15) is 24.4 Å². The van der Waals surface area contributed by atoms with Crippen LogP contribution in [0.15, 0.2) is 82.3 Å². The fourth-order valence-corrected chi connectivity index (χ4v) is 4.33. The van der Waals surface area contributed by atoms with Gasteiger partial charge >= 0.3 is 6.03 Å². The first-order valence-electron chi connectivity index (χ1n) is 9.61. The van der Waals surface area contributed by atoms with Crippen LogP contribution >= 0.6 is 11.3 Å². The molecule has 6 nitrogen and oxygen atoms in total. The first kappa shape index (κ1) is 19.2. The van der Waals surface area contributed by atoms with Crippen LogP contribution in [-0.4, -0.2) is 16.2 Å². The first-order chi connectivity index (χ1) is 15.1. The van der Waals surface area contributed by atoms with Crippen molar-refractivity contribution in [2.75, 3.05) is 4.90 Å². The van der Waals surface area contributed by atoms with Gasteiger partial charge in [0, 0.05) is 5.70 Å². The molecule has 1 atom stereocenters. The van der Waals surface area contributed by atoms with E-state index >= 15 is 0 Å². The third-order valence-corrected chi connectivity index (χ3v) is 5.95. The lowest BCUT2D eigenvalue weighted by atomic mass is 9.94. The number of rotatable bonds is 4. The molecular weight excluding hydrogens is 415 g/mol. The number of hydrogen-bond acceptors (Lipinski definition) is 5. The summed E-state index contributed by atoms with van der Waals surface area (Å²) in [6.45, 7) is 1.80. The van der Waals surface area contributed by atoms with E-state index in [1.807, 2.05) is 47.8 Å². The number of anilines is 1. The van der Waals surface area contributed by atoms with Crippen LogP contribution in [0.25, 0.3) is 16.3 Å². The summed E-state index contributed by atoms with van der Waals surface area (Å²) in [6, 6.07) is 18.4. The number of aromatic nitrogens is 2. The Labute approximate surface area is 181 Å². The van der Waals surface area contributed by atoms with E-state index in [2.05, 4.69) is 15.5 Å². The molecule has 3 heterocycles. The van der Waals surface area contributed by atoms with Gasteiger partial charge in [-0.3, -0.25) is 4.90 Å². The first-order valence-corrected chi connectivity index (χ1v) is 10.5. The van der Waals surface area contributed by atoms with E-state index in [0.717, 1.165) is 10.4 Å². The van der Waals surface area contributed by atoms with Gasteiger partial charge < -0.3 is 9.84 Å². The smallest absolute Gasteiger partial charge is 0.327 e. The predicted molar refractivity (Wildman–Crippen MR) is 117 cm³/mol. The van der Waals surface area contributed by atoms with Gasteiger partial charge in [-0.25, -0.2) is 9.18 Å². The lowest BCUT2D eigenvalue weighted by Gasteiger charge is -2.35. The van der Waals surface area contributed by atoms with Gasteiger partial charge in [0.15, 0.2) is 0 Å². The van der Waals surface area contributed by atoms with Crippen molar-refractivity contribution >= 4 is 28.6 Å². The number of carbonyl (C=O) groups is 1. The molecule has 0 saturated heterocycles. The van der Waals surface area contributed by atoms with E-state index in [1.54, 1.807) is 19.1 Å². The number of urea groups is 1. The number of hydrogen-bond donors (Lipinski definition) is 1. The van der Waals surface area contributed by atoms with Crippen LogP contribution in [0.2, 0.25) is 0 Å². The van der Waals surface area contributed by atoms with Crippen LogP contribution in [0.4, 0.5) is 14.9 Å². The molecule has 0 radical (unpaired) electrons. The molecular formula is C23H17FN4O2S. The Hall–Kier alpha value is -3.78. The zero-order chi connectivity index (χ0) is 21.4. The molecule has 2 aromatic carbocycles. The Morgan fingerprint density at radius 2 is 1.94 bits per heavy atom. The summed E-state index contributed by atoms with van der Waals surface area (Å²) in [7, 11) is 0. The van der Waals surface area contributed by atoms with E-state index in [4.69, 9.17) is 4.52 Å². The lowest BCUT2D eigenvalue weighted by Crippen LogP contribution is -2.46. The molecule has 154 valence electrons. The van der Waals surface area contributed by atoms with Crippen molar-refractivity contribution in [1.82, 2.24) is 15.5 Å². The highest BCUT2D eigenvalue weighted by Crippen LogP contribution is 2.39. The average molecular weight is 432 g/mol. The van der Waals surface area contributed by atoms with E-state index in [0.29, 0.717) is 28.7 Å². The van der Waals surface area contributed by atoms with Gasteiger partial charge in [0.05, 0.1) is 22.2 Å². The number of thiophene rings is 1. The second kappa shape index (κ2) is 7.81. The van der Waals surface area contributed by atoms with Crippen molar-refractivity contribution in [3.05, 3.63) is 95.1 Å². The molecule has 1 N–H and O–H groups in total. The fraction of sp³-hybridized carbons (Fsp3) is 0.0870. The van der Waals surface area contributed by atoms with Crippen LogP contribution in [0.5, 0.6) is 0 Å². The van der Waals surface area contributed by atoms with E-state index in [1.165, 1.54) is 28.4 Å².